The van der Waals surface area contributed by atoms with E-state index in [0.29, 0.717) is 39.1 Å². The molecule has 2 heterocycles. The summed E-state index contributed by atoms with van der Waals surface area (Å²) < 4.78 is 28.9. The van der Waals surface area contributed by atoms with E-state index in [1.165, 1.54) is 12.1 Å². The van der Waals surface area contributed by atoms with Crippen LogP contribution in [0.15, 0.2) is 54.7 Å². The third-order valence-corrected chi connectivity index (χ3v) is 6.09. The van der Waals surface area contributed by atoms with E-state index in [2.05, 4.69) is 9.72 Å². The number of piperazine rings is 1. The summed E-state index contributed by atoms with van der Waals surface area (Å²) in [5.41, 5.74) is 2.84. The molecule has 0 aliphatic carbocycles. The van der Waals surface area contributed by atoms with E-state index < -0.39 is 6.61 Å². The van der Waals surface area contributed by atoms with E-state index >= 15 is 0 Å². The van der Waals surface area contributed by atoms with Crippen LogP contribution in [0.1, 0.15) is 11.1 Å². The SMILES string of the molecule is CN(Cc1ccc(OC(F)F)cc1)C(=O)CN1CCN(C(=O)Cc2c[nH]c3ccccc23)CC1. The minimum absolute atomic E-state index is 0.0357. The molecule has 1 fully saturated rings. The predicted octanol–water partition coefficient (Wildman–Crippen LogP) is 3.11. The van der Waals surface area contributed by atoms with Crippen LogP contribution >= 0.6 is 0 Å². The smallest absolute Gasteiger partial charge is 0.387 e. The van der Waals surface area contributed by atoms with E-state index in [1.807, 2.05) is 40.3 Å². The first-order valence-corrected chi connectivity index (χ1v) is 11.2. The average Bonchev–Trinajstić information content (AvgIpc) is 3.23. The number of nitrogens with zero attached hydrogens (tertiary/aromatic N) is 3. The van der Waals surface area contributed by atoms with Crippen molar-refractivity contribution in [1.82, 2.24) is 19.7 Å². The normalized spacial score (nSPS) is 14.5. The molecule has 1 N–H and O–H groups in total. The van der Waals surface area contributed by atoms with Gasteiger partial charge in [0.05, 0.1) is 13.0 Å². The van der Waals surface area contributed by atoms with Crippen LogP contribution < -0.4 is 4.74 Å². The molecule has 0 bridgehead atoms. The fraction of sp³-hybridized carbons (Fsp3) is 0.360. The van der Waals surface area contributed by atoms with E-state index in [0.717, 1.165) is 22.0 Å². The van der Waals surface area contributed by atoms with Crippen molar-refractivity contribution >= 4 is 22.7 Å². The second-order valence-corrected chi connectivity index (χ2v) is 8.47. The van der Waals surface area contributed by atoms with Gasteiger partial charge in [-0.1, -0.05) is 30.3 Å². The first kappa shape index (κ1) is 23.7. The summed E-state index contributed by atoms with van der Waals surface area (Å²) in [6.07, 6.45) is 2.25. The van der Waals surface area contributed by atoms with Gasteiger partial charge >= 0.3 is 6.61 Å². The van der Waals surface area contributed by atoms with Gasteiger partial charge in [0.15, 0.2) is 0 Å². The summed E-state index contributed by atoms with van der Waals surface area (Å²) in [6.45, 7) is 0.231. The van der Waals surface area contributed by atoms with E-state index in [9.17, 15) is 18.4 Å². The quantitative estimate of drug-likeness (QED) is 0.549. The molecule has 9 heteroatoms. The maximum Gasteiger partial charge on any atom is 0.387 e. The number of amides is 2. The lowest BCUT2D eigenvalue weighted by atomic mass is 10.1. The van der Waals surface area contributed by atoms with Crippen molar-refractivity contribution in [3.63, 3.8) is 0 Å². The summed E-state index contributed by atoms with van der Waals surface area (Å²) in [6, 6.07) is 14.2. The van der Waals surface area contributed by atoms with Gasteiger partial charge in [0.2, 0.25) is 11.8 Å². The largest absolute Gasteiger partial charge is 0.435 e. The molecule has 2 aromatic carbocycles. The third kappa shape index (κ3) is 5.91. The molecule has 4 rings (SSSR count). The standard InChI is InChI=1S/C25H28F2N4O3/c1-29(16-18-6-8-20(9-7-18)34-25(26)27)24(33)17-30-10-12-31(13-11-30)23(32)14-19-15-28-22-5-3-2-4-21(19)22/h2-9,15,25,28H,10-14,16-17H2,1H3. The van der Waals surface area contributed by atoms with Gasteiger partial charge in [-0.3, -0.25) is 14.5 Å². The molecule has 180 valence electrons. The molecule has 0 saturated carbocycles. The number of halogens is 2. The van der Waals surface area contributed by atoms with Gasteiger partial charge in [-0.15, -0.1) is 0 Å². The van der Waals surface area contributed by atoms with Crippen LogP contribution in [0.5, 0.6) is 5.75 Å². The highest BCUT2D eigenvalue weighted by Crippen LogP contribution is 2.19. The lowest BCUT2D eigenvalue weighted by Gasteiger charge is -2.35. The number of fused-ring (bicyclic) bond motifs is 1. The van der Waals surface area contributed by atoms with Crippen LogP contribution in [0.25, 0.3) is 10.9 Å². The zero-order valence-electron chi connectivity index (χ0n) is 19.0. The number of alkyl halides is 2. The Hall–Kier alpha value is -3.46. The number of H-pyrrole nitrogens is 1. The summed E-state index contributed by atoms with van der Waals surface area (Å²) in [5.74, 6) is 0.142. The van der Waals surface area contributed by atoms with E-state index in [-0.39, 0.29) is 24.1 Å². The van der Waals surface area contributed by atoms with Crippen LogP contribution in [0.2, 0.25) is 0 Å². The van der Waals surface area contributed by atoms with Gasteiger partial charge in [-0.05, 0) is 29.3 Å². The van der Waals surface area contributed by atoms with Gasteiger partial charge in [0.1, 0.15) is 5.75 Å². The van der Waals surface area contributed by atoms with Crippen molar-refractivity contribution < 1.29 is 23.1 Å². The number of carbonyl (C=O) groups excluding carboxylic acids is 2. The number of aromatic nitrogens is 1. The number of aromatic amines is 1. The van der Waals surface area contributed by atoms with Crippen molar-refractivity contribution in [1.29, 1.82) is 0 Å². The van der Waals surface area contributed by atoms with E-state index in [1.54, 1.807) is 24.1 Å². The van der Waals surface area contributed by atoms with Crippen molar-refractivity contribution in [2.45, 2.75) is 19.6 Å². The Labute approximate surface area is 196 Å². The van der Waals surface area contributed by atoms with Crippen LogP contribution in [-0.2, 0) is 22.6 Å². The highest BCUT2D eigenvalue weighted by atomic mass is 19.3. The van der Waals surface area contributed by atoms with Crippen LogP contribution in [0.3, 0.4) is 0 Å². The highest BCUT2D eigenvalue weighted by Gasteiger charge is 2.24. The number of carbonyl (C=O) groups is 2. The molecule has 0 atom stereocenters. The molecule has 7 nitrogen and oxygen atoms in total. The van der Waals surface area contributed by atoms with Crippen LogP contribution in [0.4, 0.5) is 8.78 Å². The molecule has 34 heavy (non-hydrogen) atoms. The Balaban J connectivity index is 1.22. The van der Waals surface area contributed by atoms with Gasteiger partial charge < -0.3 is 19.5 Å². The Morgan fingerprint density at radius 2 is 1.76 bits per heavy atom. The Bertz CT molecular complexity index is 1120. The molecule has 1 aliphatic rings. The number of hydrogen-bond donors (Lipinski definition) is 1. The highest BCUT2D eigenvalue weighted by molar-refractivity contribution is 5.89. The Morgan fingerprint density at radius 3 is 2.47 bits per heavy atom. The van der Waals surface area contributed by atoms with Gasteiger partial charge in [-0.2, -0.15) is 8.78 Å². The van der Waals surface area contributed by atoms with Crippen molar-refractivity contribution in [2.24, 2.45) is 0 Å². The van der Waals surface area contributed by atoms with Gasteiger partial charge in [0, 0.05) is 56.9 Å². The Kier molecular flexibility index (Phi) is 7.42. The zero-order valence-corrected chi connectivity index (χ0v) is 19.0. The molecule has 0 spiro atoms. The summed E-state index contributed by atoms with van der Waals surface area (Å²) in [5, 5.41) is 1.07. The van der Waals surface area contributed by atoms with Crippen molar-refractivity contribution in [3.8, 4) is 5.75 Å². The summed E-state index contributed by atoms with van der Waals surface area (Å²) >= 11 is 0. The van der Waals surface area contributed by atoms with Gasteiger partial charge in [-0.25, -0.2) is 0 Å². The van der Waals surface area contributed by atoms with Gasteiger partial charge in [0.25, 0.3) is 0 Å². The fourth-order valence-electron chi connectivity index (χ4n) is 4.16. The molecule has 2 amide bonds. The number of ether oxygens (including phenoxy) is 1. The number of rotatable bonds is 8. The van der Waals surface area contributed by atoms with E-state index in [4.69, 9.17) is 0 Å². The zero-order chi connectivity index (χ0) is 24.1. The van der Waals surface area contributed by atoms with Crippen LogP contribution in [-0.4, -0.2) is 77.9 Å². The van der Waals surface area contributed by atoms with Crippen molar-refractivity contribution in [2.75, 3.05) is 39.8 Å². The number of hydrogen-bond acceptors (Lipinski definition) is 4. The second kappa shape index (κ2) is 10.6. The summed E-state index contributed by atoms with van der Waals surface area (Å²) in [7, 11) is 1.72. The molecule has 1 aromatic heterocycles. The molecular weight excluding hydrogens is 442 g/mol. The monoisotopic (exact) mass is 470 g/mol. The average molecular weight is 471 g/mol. The summed E-state index contributed by atoms with van der Waals surface area (Å²) in [4.78, 5) is 34.2. The predicted molar refractivity (Wildman–Crippen MR) is 125 cm³/mol. The molecule has 0 radical (unpaired) electrons. The number of nitrogens with one attached hydrogen (secondary N) is 1. The second-order valence-electron chi connectivity index (χ2n) is 8.47. The minimum atomic E-state index is -2.86. The third-order valence-electron chi connectivity index (χ3n) is 6.09. The topological polar surface area (TPSA) is 68.9 Å². The molecule has 3 aromatic rings. The number of benzene rings is 2. The first-order chi connectivity index (χ1) is 16.4. The molecule has 1 saturated heterocycles. The fourth-order valence-corrected chi connectivity index (χ4v) is 4.16. The number of likely N-dealkylation sites (N-methyl/N-ethyl adjacent to an activating group) is 1. The molecular formula is C25H28F2N4O3. The maximum atomic E-state index is 12.8. The molecule has 0 unspecified atom stereocenters. The minimum Gasteiger partial charge on any atom is -0.435 e. The Morgan fingerprint density at radius 1 is 1.06 bits per heavy atom. The lowest BCUT2D eigenvalue weighted by molar-refractivity contribution is -0.134. The maximum absolute atomic E-state index is 12.8. The van der Waals surface area contributed by atoms with Crippen LogP contribution in [0, 0.1) is 0 Å². The first-order valence-electron chi connectivity index (χ1n) is 11.2. The van der Waals surface area contributed by atoms with Crippen molar-refractivity contribution in [3.05, 3.63) is 65.9 Å². The lowest BCUT2D eigenvalue weighted by Crippen LogP contribution is -2.51. The number of para-hydroxylation sites is 1. The molecule has 1 aliphatic heterocycles.